The van der Waals surface area contributed by atoms with Crippen LogP contribution < -0.4 is 14.8 Å². The molecule has 5 heteroatoms. The van der Waals surface area contributed by atoms with E-state index in [1.807, 2.05) is 32.2 Å². The Bertz CT molecular complexity index is 490. The zero-order valence-corrected chi connectivity index (χ0v) is 13.0. The zero-order valence-electron chi connectivity index (χ0n) is 13.0. The maximum atomic E-state index is 11.5. The van der Waals surface area contributed by atoms with Crippen LogP contribution in [0.5, 0.6) is 11.5 Å². The largest absolute Gasteiger partial charge is 0.493 e. The van der Waals surface area contributed by atoms with Gasteiger partial charge in [0.15, 0.2) is 11.5 Å². The quantitative estimate of drug-likeness (QED) is 0.869. The molecule has 116 valence electrons. The number of carbonyl (C=O) groups excluding carboxylic acids is 1. The summed E-state index contributed by atoms with van der Waals surface area (Å²) in [4.78, 5) is 13.3. The molecule has 1 unspecified atom stereocenters. The molecule has 1 N–H and O–H groups in total. The Balaban J connectivity index is 1.99. The van der Waals surface area contributed by atoms with Crippen LogP contribution in [0.1, 0.15) is 25.3 Å². The Kier molecular flexibility index (Phi) is 5.44. The predicted molar refractivity (Wildman–Crippen MR) is 81.7 cm³/mol. The average Bonchev–Trinajstić information content (AvgIpc) is 2.49. The van der Waals surface area contributed by atoms with Gasteiger partial charge in [-0.05, 0) is 19.4 Å². The molecule has 0 aliphatic carbocycles. The minimum Gasteiger partial charge on any atom is -0.493 e. The second-order valence-corrected chi connectivity index (χ2v) is 5.27. The molecule has 1 aliphatic heterocycles. The molecule has 5 nitrogen and oxygen atoms in total. The van der Waals surface area contributed by atoms with Crippen LogP contribution in [0.2, 0.25) is 0 Å². The van der Waals surface area contributed by atoms with Gasteiger partial charge in [0.05, 0.1) is 13.7 Å². The van der Waals surface area contributed by atoms with Crippen molar-refractivity contribution < 1.29 is 14.3 Å². The number of hydrogen-bond acceptors (Lipinski definition) is 4. The summed E-state index contributed by atoms with van der Waals surface area (Å²) in [5.74, 6) is 1.78. The molecule has 1 aromatic rings. The number of nitrogens with one attached hydrogen (secondary N) is 1. The number of rotatable bonds is 6. The third-order valence-corrected chi connectivity index (χ3v) is 3.77. The van der Waals surface area contributed by atoms with Gasteiger partial charge in [-0.25, -0.2) is 0 Å². The number of amides is 1. The van der Waals surface area contributed by atoms with Gasteiger partial charge < -0.3 is 19.7 Å². The molecule has 1 aromatic carbocycles. The number of carbonyl (C=O) groups is 1. The number of hydrogen-bond donors (Lipinski definition) is 1. The van der Waals surface area contributed by atoms with Crippen molar-refractivity contribution in [1.29, 1.82) is 0 Å². The van der Waals surface area contributed by atoms with Gasteiger partial charge in [0.25, 0.3) is 0 Å². The Hall–Kier alpha value is -1.75. The van der Waals surface area contributed by atoms with Gasteiger partial charge in [0.1, 0.15) is 0 Å². The van der Waals surface area contributed by atoms with Crippen molar-refractivity contribution in [2.75, 3.05) is 27.3 Å². The average molecular weight is 292 g/mol. The molecule has 1 heterocycles. The van der Waals surface area contributed by atoms with Gasteiger partial charge in [-0.3, -0.25) is 4.79 Å². The van der Waals surface area contributed by atoms with E-state index in [0.29, 0.717) is 25.6 Å². The minimum atomic E-state index is 0.226. The van der Waals surface area contributed by atoms with E-state index in [9.17, 15) is 4.79 Å². The third-order valence-electron chi connectivity index (χ3n) is 3.77. The summed E-state index contributed by atoms with van der Waals surface area (Å²) in [5, 5.41) is 3.50. The molecular weight excluding hydrogens is 268 g/mol. The van der Waals surface area contributed by atoms with Crippen molar-refractivity contribution in [1.82, 2.24) is 10.2 Å². The first-order valence-corrected chi connectivity index (χ1v) is 7.41. The first-order valence-electron chi connectivity index (χ1n) is 7.41. The van der Waals surface area contributed by atoms with Crippen molar-refractivity contribution >= 4 is 5.91 Å². The van der Waals surface area contributed by atoms with Crippen molar-refractivity contribution in [2.45, 2.75) is 32.4 Å². The van der Waals surface area contributed by atoms with Gasteiger partial charge in [-0.2, -0.15) is 0 Å². The second kappa shape index (κ2) is 7.31. The standard InChI is InChI=1S/C16H24N2O3/c1-4-21-14-7-5-6-12(16(14)20-3)10-17-13-8-9-15(19)18(2)11-13/h5-7,13,17H,4,8-11H2,1-3H3. The molecule has 0 saturated carbocycles. The highest BCUT2D eigenvalue weighted by Gasteiger charge is 2.22. The summed E-state index contributed by atoms with van der Waals surface area (Å²) < 4.78 is 11.1. The Labute approximate surface area is 126 Å². The number of para-hydroxylation sites is 1. The number of likely N-dealkylation sites (tertiary alicyclic amines) is 1. The molecule has 0 spiro atoms. The monoisotopic (exact) mass is 292 g/mol. The van der Waals surface area contributed by atoms with Crippen LogP contribution >= 0.6 is 0 Å². The fourth-order valence-electron chi connectivity index (χ4n) is 2.63. The molecule has 1 amide bonds. The summed E-state index contributed by atoms with van der Waals surface area (Å²) in [6.07, 6.45) is 1.50. The summed E-state index contributed by atoms with van der Waals surface area (Å²) >= 11 is 0. The van der Waals surface area contributed by atoms with E-state index in [1.54, 1.807) is 12.0 Å². The molecule has 1 aliphatic rings. The van der Waals surface area contributed by atoms with E-state index in [-0.39, 0.29) is 5.91 Å². The summed E-state index contributed by atoms with van der Waals surface area (Å²) in [6.45, 7) is 4.03. The Morgan fingerprint density at radius 2 is 2.24 bits per heavy atom. The molecular formula is C16H24N2O3. The van der Waals surface area contributed by atoms with Crippen molar-refractivity contribution in [3.05, 3.63) is 23.8 Å². The normalized spacial score (nSPS) is 18.7. The van der Waals surface area contributed by atoms with Gasteiger partial charge in [0, 0.05) is 38.2 Å². The van der Waals surface area contributed by atoms with Gasteiger partial charge in [-0.1, -0.05) is 12.1 Å². The first-order chi connectivity index (χ1) is 10.2. The number of ether oxygens (including phenoxy) is 2. The highest BCUT2D eigenvalue weighted by atomic mass is 16.5. The van der Waals surface area contributed by atoms with Crippen LogP contribution in [-0.4, -0.2) is 44.2 Å². The third kappa shape index (κ3) is 3.88. The molecule has 1 atom stereocenters. The van der Waals surface area contributed by atoms with E-state index in [0.717, 1.165) is 30.0 Å². The smallest absolute Gasteiger partial charge is 0.222 e. The Morgan fingerprint density at radius 1 is 1.43 bits per heavy atom. The van der Waals surface area contributed by atoms with Crippen LogP contribution in [-0.2, 0) is 11.3 Å². The SMILES string of the molecule is CCOc1cccc(CNC2CCC(=O)N(C)C2)c1OC. The highest BCUT2D eigenvalue weighted by molar-refractivity contribution is 5.76. The summed E-state index contributed by atoms with van der Waals surface area (Å²) in [6, 6.07) is 6.25. The van der Waals surface area contributed by atoms with E-state index in [1.165, 1.54) is 0 Å². The number of likely N-dealkylation sites (N-methyl/N-ethyl adjacent to an activating group) is 1. The lowest BCUT2D eigenvalue weighted by Gasteiger charge is -2.30. The highest BCUT2D eigenvalue weighted by Crippen LogP contribution is 2.31. The minimum absolute atomic E-state index is 0.226. The fraction of sp³-hybridized carbons (Fsp3) is 0.562. The Morgan fingerprint density at radius 3 is 2.90 bits per heavy atom. The molecule has 2 rings (SSSR count). The molecule has 0 aromatic heterocycles. The summed E-state index contributed by atoms with van der Waals surface area (Å²) in [5.41, 5.74) is 1.07. The maximum Gasteiger partial charge on any atom is 0.222 e. The zero-order chi connectivity index (χ0) is 15.2. The lowest BCUT2D eigenvalue weighted by Crippen LogP contribution is -2.46. The lowest BCUT2D eigenvalue weighted by atomic mass is 10.0. The van der Waals surface area contributed by atoms with Crippen LogP contribution in [0, 0.1) is 0 Å². The van der Waals surface area contributed by atoms with Gasteiger partial charge >= 0.3 is 0 Å². The van der Waals surface area contributed by atoms with Gasteiger partial charge in [0.2, 0.25) is 5.91 Å². The van der Waals surface area contributed by atoms with Crippen molar-refractivity contribution in [3.8, 4) is 11.5 Å². The topological polar surface area (TPSA) is 50.8 Å². The van der Waals surface area contributed by atoms with E-state index in [2.05, 4.69) is 5.32 Å². The maximum absolute atomic E-state index is 11.5. The van der Waals surface area contributed by atoms with E-state index < -0.39 is 0 Å². The van der Waals surface area contributed by atoms with Crippen LogP contribution in [0.15, 0.2) is 18.2 Å². The summed E-state index contributed by atoms with van der Waals surface area (Å²) in [7, 11) is 3.51. The van der Waals surface area contributed by atoms with E-state index in [4.69, 9.17) is 9.47 Å². The fourth-order valence-corrected chi connectivity index (χ4v) is 2.63. The number of methoxy groups -OCH3 is 1. The second-order valence-electron chi connectivity index (χ2n) is 5.27. The van der Waals surface area contributed by atoms with Gasteiger partial charge in [-0.15, -0.1) is 0 Å². The van der Waals surface area contributed by atoms with E-state index >= 15 is 0 Å². The predicted octanol–water partition coefficient (Wildman–Crippen LogP) is 1.80. The number of nitrogens with zero attached hydrogens (tertiary/aromatic N) is 1. The molecule has 0 bridgehead atoms. The van der Waals surface area contributed by atoms with Crippen LogP contribution in [0.25, 0.3) is 0 Å². The molecule has 0 radical (unpaired) electrons. The van der Waals surface area contributed by atoms with Crippen LogP contribution in [0.4, 0.5) is 0 Å². The van der Waals surface area contributed by atoms with Crippen LogP contribution in [0.3, 0.4) is 0 Å². The molecule has 1 saturated heterocycles. The molecule has 1 fully saturated rings. The number of piperidine rings is 1. The number of benzene rings is 1. The lowest BCUT2D eigenvalue weighted by molar-refractivity contribution is -0.132. The first kappa shape index (κ1) is 15.6. The van der Waals surface area contributed by atoms with Crippen molar-refractivity contribution in [2.24, 2.45) is 0 Å². The van der Waals surface area contributed by atoms with Crippen molar-refractivity contribution in [3.63, 3.8) is 0 Å². The molecule has 21 heavy (non-hydrogen) atoms.